The fraction of sp³-hybridized carbons (Fsp3) is 0.227. The number of anilines is 2. The molecule has 0 saturated carbocycles. The van der Waals surface area contributed by atoms with Crippen molar-refractivity contribution in [2.75, 3.05) is 11.1 Å². The zero-order chi connectivity index (χ0) is 22.4. The fourth-order valence-electron chi connectivity index (χ4n) is 4.00. The number of aromatic amines is 1. The van der Waals surface area contributed by atoms with Crippen molar-refractivity contribution >= 4 is 38.8 Å². The van der Waals surface area contributed by atoms with Gasteiger partial charge in [-0.05, 0) is 36.0 Å². The van der Waals surface area contributed by atoms with Crippen LogP contribution in [0.15, 0.2) is 38.6 Å². The molecule has 0 atom stereocenters. The van der Waals surface area contributed by atoms with E-state index in [4.69, 9.17) is 5.73 Å². The number of carbonyl (C=O) groups excluding carboxylic acids is 1. The summed E-state index contributed by atoms with van der Waals surface area (Å²) in [4.78, 5) is 56.6. The summed E-state index contributed by atoms with van der Waals surface area (Å²) in [5.41, 5.74) is 6.81. The summed E-state index contributed by atoms with van der Waals surface area (Å²) in [6.07, 6.45) is 2.88. The van der Waals surface area contributed by atoms with Crippen LogP contribution in [0.25, 0.3) is 10.2 Å². The normalized spacial score (nSPS) is 12.9. The van der Waals surface area contributed by atoms with Crippen molar-refractivity contribution in [3.05, 3.63) is 82.5 Å². The van der Waals surface area contributed by atoms with Gasteiger partial charge in [-0.1, -0.05) is 24.3 Å². The molecule has 1 amide bonds. The Morgan fingerprint density at radius 1 is 1.12 bits per heavy atom. The number of rotatable bonds is 6. The molecule has 5 rings (SSSR count). The van der Waals surface area contributed by atoms with E-state index in [2.05, 4.69) is 20.6 Å². The number of nitrogens with zero attached hydrogens (tertiary/aromatic N) is 1. The van der Waals surface area contributed by atoms with Crippen LogP contribution in [0.2, 0.25) is 0 Å². The molecule has 0 saturated heterocycles. The van der Waals surface area contributed by atoms with Crippen LogP contribution in [0, 0.1) is 0 Å². The highest BCUT2D eigenvalue weighted by atomic mass is 32.1. The number of nitrogens with one attached hydrogen (secondary N) is 3. The molecule has 2 aromatic carbocycles. The van der Waals surface area contributed by atoms with Gasteiger partial charge in [0.1, 0.15) is 16.2 Å². The first-order chi connectivity index (χ1) is 15.4. The molecule has 10 heteroatoms. The summed E-state index contributed by atoms with van der Waals surface area (Å²) in [5.74, 6) is -0.464. The molecule has 9 nitrogen and oxygen atoms in total. The highest BCUT2D eigenvalue weighted by Crippen LogP contribution is 2.34. The lowest BCUT2D eigenvalue weighted by Gasteiger charge is -2.11. The number of nitrogens with two attached hydrogens (primary N) is 1. The number of aryl methyl sites for hydroxylation is 2. The van der Waals surface area contributed by atoms with Gasteiger partial charge in [0.25, 0.3) is 22.3 Å². The average Bonchev–Trinajstić information content (AvgIpc) is 3.38. The maximum Gasteiger partial charge on any atom is 0.287 e. The van der Waals surface area contributed by atoms with Crippen LogP contribution in [0.3, 0.4) is 0 Å². The average molecular weight is 449 g/mol. The highest BCUT2D eigenvalue weighted by molar-refractivity contribution is 7.18. The summed E-state index contributed by atoms with van der Waals surface area (Å²) < 4.78 is 0. The zero-order valence-corrected chi connectivity index (χ0v) is 17.7. The fourth-order valence-corrected chi connectivity index (χ4v) is 5.26. The van der Waals surface area contributed by atoms with Crippen molar-refractivity contribution in [3.8, 4) is 0 Å². The maximum absolute atomic E-state index is 12.6. The van der Waals surface area contributed by atoms with Crippen LogP contribution in [-0.4, -0.2) is 15.9 Å². The first kappa shape index (κ1) is 20.1. The van der Waals surface area contributed by atoms with Gasteiger partial charge in [0.05, 0.1) is 5.39 Å². The summed E-state index contributed by atoms with van der Waals surface area (Å²) in [7, 11) is 0. The van der Waals surface area contributed by atoms with E-state index in [0.29, 0.717) is 16.8 Å². The quantitative estimate of drug-likeness (QED) is 0.323. The second-order valence-electron chi connectivity index (χ2n) is 7.76. The van der Waals surface area contributed by atoms with E-state index < -0.39 is 16.8 Å². The monoisotopic (exact) mass is 449 g/mol. The Labute approximate surface area is 185 Å². The minimum absolute atomic E-state index is 0.00387. The number of thiophene rings is 1. The van der Waals surface area contributed by atoms with E-state index in [9.17, 15) is 19.2 Å². The number of fused-ring (bicyclic) bond motifs is 3. The Bertz CT molecular complexity index is 1510. The Morgan fingerprint density at radius 2 is 1.91 bits per heavy atom. The Balaban J connectivity index is 1.26. The molecule has 162 valence electrons. The number of carbonyl (C=O) groups is 1. The van der Waals surface area contributed by atoms with E-state index in [-0.39, 0.29) is 29.3 Å². The van der Waals surface area contributed by atoms with Crippen LogP contribution in [0.1, 0.15) is 38.6 Å². The first-order valence-electron chi connectivity index (χ1n) is 10.2. The molecular weight excluding hydrogens is 430 g/mol. The number of H-pyrrole nitrogens is 1. The van der Waals surface area contributed by atoms with Crippen LogP contribution < -0.4 is 32.8 Å². The molecule has 0 fully saturated rings. The van der Waals surface area contributed by atoms with Gasteiger partial charge in [0.2, 0.25) is 5.82 Å². The van der Waals surface area contributed by atoms with Crippen LogP contribution in [0.5, 0.6) is 0 Å². The molecule has 32 heavy (non-hydrogen) atoms. The van der Waals surface area contributed by atoms with Crippen molar-refractivity contribution in [3.63, 3.8) is 0 Å². The summed E-state index contributed by atoms with van der Waals surface area (Å²) in [6, 6.07) is 7.38. The van der Waals surface area contributed by atoms with E-state index >= 15 is 0 Å². The molecule has 0 spiro atoms. The third-order valence-corrected chi connectivity index (χ3v) is 6.84. The van der Waals surface area contributed by atoms with Gasteiger partial charge in [0.15, 0.2) is 0 Å². The standard InChI is InChI=1S/C22H19N5O4S/c23-15-16(18(29)17(15)28)24-8-10-3-1-4-11(7-10)9-25-21(31)19-26-20(30)14-12-5-2-6-13(12)32-22(14)27-19/h1,3-4,7,24H,2,5-6,8-9,23H2,(H,25,31)(H,26,27,30). The molecule has 2 heterocycles. The highest BCUT2D eigenvalue weighted by Gasteiger charge is 2.22. The van der Waals surface area contributed by atoms with Gasteiger partial charge in [-0.15, -0.1) is 11.3 Å². The van der Waals surface area contributed by atoms with Gasteiger partial charge in [-0.2, -0.15) is 0 Å². The lowest BCUT2D eigenvalue weighted by atomic mass is 10.1. The molecule has 0 bridgehead atoms. The predicted molar refractivity (Wildman–Crippen MR) is 123 cm³/mol. The van der Waals surface area contributed by atoms with E-state index in [1.807, 2.05) is 24.3 Å². The molecule has 5 N–H and O–H groups in total. The molecule has 0 radical (unpaired) electrons. The number of benzene rings is 1. The number of hydrogen-bond donors (Lipinski definition) is 4. The van der Waals surface area contributed by atoms with Crippen LogP contribution >= 0.6 is 11.3 Å². The van der Waals surface area contributed by atoms with Crippen molar-refractivity contribution < 1.29 is 4.79 Å². The van der Waals surface area contributed by atoms with E-state index in [0.717, 1.165) is 36.0 Å². The number of amides is 1. The summed E-state index contributed by atoms with van der Waals surface area (Å²) >= 11 is 1.49. The second kappa shape index (κ2) is 7.72. The third-order valence-electron chi connectivity index (χ3n) is 5.65. The molecule has 4 aromatic rings. The molecule has 0 aliphatic heterocycles. The molecule has 1 aliphatic carbocycles. The summed E-state index contributed by atoms with van der Waals surface area (Å²) in [5, 5.41) is 6.26. The van der Waals surface area contributed by atoms with Crippen LogP contribution in [-0.2, 0) is 25.9 Å². The van der Waals surface area contributed by atoms with Crippen molar-refractivity contribution in [2.45, 2.75) is 32.4 Å². The number of aromatic nitrogens is 2. The minimum atomic E-state index is -0.666. The second-order valence-corrected chi connectivity index (χ2v) is 8.84. The smallest absolute Gasteiger partial charge is 0.287 e. The van der Waals surface area contributed by atoms with Crippen molar-refractivity contribution in [1.29, 1.82) is 0 Å². The topological polar surface area (TPSA) is 147 Å². The van der Waals surface area contributed by atoms with Crippen molar-refractivity contribution in [1.82, 2.24) is 15.3 Å². The maximum atomic E-state index is 12.6. The van der Waals surface area contributed by atoms with Gasteiger partial charge in [0, 0.05) is 18.0 Å². The van der Waals surface area contributed by atoms with Gasteiger partial charge in [-0.3, -0.25) is 19.2 Å². The molecule has 1 aliphatic rings. The number of hydrogen-bond acceptors (Lipinski definition) is 8. The predicted octanol–water partition coefficient (Wildman–Crippen LogP) is 1.19. The third kappa shape index (κ3) is 3.38. The Kier molecular flexibility index (Phi) is 4.86. The minimum Gasteiger partial charge on any atom is -0.394 e. The first-order valence-corrected chi connectivity index (χ1v) is 11.0. The lowest BCUT2D eigenvalue weighted by Crippen LogP contribution is -2.36. The van der Waals surface area contributed by atoms with Crippen LogP contribution in [0.4, 0.5) is 11.4 Å². The Morgan fingerprint density at radius 3 is 2.69 bits per heavy atom. The molecular formula is C22H19N5O4S. The zero-order valence-electron chi connectivity index (χ0n) is 16.9. The van der Waals surface area contributed by atoms with E-state index in [1.54, 1.807) is 0 Å². The van der Waals surface area contributed by atoms with Gasteiger partial charge in [-0.25, -0.2) is 4.98 Å². The lowest BCUT2D eigenvalue weighted by molar-refractivity contribution is 0.0940. The molecule has 0 unspecified atom stereocenters. The number of nitrogen functional groups attached to an aromatic ring is 1. The largest absolute Gasteiger partial charge is 0.394 e. The van der Waals surface area contributed by atoms with Crippen molar-refractivity contribution in [2.24, 2.45) is 0 Å². The molecule has 2 aromatic heterocycles. The van der Waals surface area contributed by atoms with Gasteiger partial charge < -0.3 is 21.4 Å². The van der Waals surface area contributed by atoms with E-state index in [1.165, 1.54) is 16.2 Å². The van der Waals surface area contributed by atoms with Gasteiger partial charge >= 0.3 is 0 Å². The SMILES string of the molecule is Nc1c(NCc2cccc(CNC(=O)c3nc4sc5c(c4c(=O)[nH]3)CCC5)c2)c(=O)c1=O. The Hall–Kier alpha value is -3.79. The summed E-state index contributed by atoms with van der Waals surface area (Å²) in [6.45, 7) is 0.545.